The van der Waals surface area contributed by atoms with E-state index in [2.05, 4.69) is 21.2 Å². The third kappa shape index (κ3) is 4.01. The molecule has 0 radical (unpaired) electrons. The lowest BCUT2D eigenvalue weighted by atomic mass is 10.2. The van der Waals surface area contributed by atoms with Crippen LogP contribution in [0.1, 0.15) is 18.2 Å². The molecule has 0 fully saturated rings. The second-order valence-electron chi connectivity index (χ2n) is 4.70. The second-order valence-corrected chi connectivity index (χ2v) is 5.61. The average molecular weight is 353 g/mol. The first-order chi connectivity index (χ1) is 9.97. The van der Waals surface area contributed by atoms with Gasteiger partial charge in [-0.1, -0.05) is 15.9 Å². The lowest BCUT2D eigenvalue weighted by molar-refractivity contribution is -0.127. The molecule has 0 bridgehead atoms. The Labute approximate surface area is 131 Å². The number of carbonyl (C=O) groups is 1. The maximum absolute atomic E-state index is 12.0. The highest BCUT2D eigenvalue weighted by Crippen LogP contribution is 2.30. The lowest BCUT2D eigenvalue weighted by Crippen LogP contribution is -2.36. The molecule has 5 nitrogen and oxygen atoms in total. The second kappa shape index (κ2) is 6.67. The number of nitrogen functional groups attached to an aromatic ring is 1. The number of furan rings is 1. The number of benzene rings is 1. The van der Waals surface area contributed by atoms with E-state index in [0.717, 1.165) is 10.0 Å². The summed E-state index contributed by atoms with van der Waals surface area (Å²) in [6.07, 6.45) is 0.912. The number of aryl methyl sites for hydroxylation is 1. The van der Waals surface area contributed by atoms with Gasteiger partial charge >= 0.3 is 0 Å². The predicted molar refractivity (Wildman–Crippen MR) is 83.9 cm³/mol. The Balaban J connectivity index is 1.97. The number of hydrogen-bond donors (Lipinski definition) is 2. The number of rotatable bonds is 5. The molecule has 3 N–H and O–H groups in total. The van der Waals surface area contributed by atoms with Gasteiger partial charge in [-0.3, -0.25) is 4.79 Å². The summed E-state index contributed by atoms with van der Waals surface area (Å²) >= 11 is 3.36. The molecule has 0 aliphatic heterocycles. The van der Waals surface area contributed by atoms with E-state index in [0.29, 0.717) is 23.7 Å². The molecule has 2 aromatic rings. The van der Waals surface area contributed by atoms with Crippen LogP contribution in [0.5, 0.6) is 5.75 Å². The van der Waals surface area contributed by atoms with Crippen LogP contribution in [0.25, 0.3) is 0 Å². The van der Waals surface area contributed by atoms with E-state index in [1.54, 1.807) is 31.4 Å². The fraction of sp³-hybridized carbons (Fsp3) is 0.267. The molecule has 6 heteroatoms. The average Bonchev–Trinajstić information content (AvgIpc) is 2.93. The number of amides is 1. The van der Waals surface area contributed by atoms with Gasteiger partial charge < -0.3 is 20.2 Å². The van der Waals surface area contributed by atoms with E-state index in [1.807, 2.05) is 13.0 Å². The zero-order valence-electron chi connectivity index (χ0n) is 11.9. The maximum atomic E-state index is 12.0. The molecule has 0 saturated heterocycles. The van der Waals surface area contributed by atoms with Crippen LogP contribution in [0.15, 0.2) is 39.4 Å². The van der Waals surface area contributed by atoms with Gasteiger partial charge in [0.25, 0.3) is 5.91 Å². The number of nitrogens with one attached hydrogen (secondary N) is 1. The van der Waals surface area contributed by atoms with E-state index in [4.69, 9.17) is 14.9 Å². The number of ether oxygens (including phenoxy) is 1. The molecule has 1 aromatic heterocycles. The van der Waals surface area contributed by atoms with Crippen LogP contribution in [0.4, 0.5) is 5.69 Å². The normalized spacial score (nSPS) is 12.0. The summed E-state index contributed by atoms with van der Waals surface area (Å²) in [4.78, 5) is 12.0. The minimum atomic E-state index is -0.651. The number of carbonyl (C=O) groups excluding carboxylic acids is 1. The molecule has 0 saturated carbocycles. The molecular weight excluding hydrogens is 336 g/mol. The Kier molecular flexibility index (Phi) is 4.90. The van der Waals surface area contributed by atoms with Crippen LogP contribution < -0.4 is 15.8 Å². The Morgan fingerprint density at radius 3 is 2.90 bits per heavy atom. The summed E-state index contributed by atoms with van der Waals surface area (Å²) in [6, 6.07) is 7.20. The SMILES string of the molecule is Cc1cc(Br)cc(N)c1OC(C)C(=O)NCc1ccco1. The molecule has 1 aromatic carbocycles. The Morgan fingerprint density at radius 1 is 1.52 bits per heavy atom. The van der Waals surface area contributed by atoms with Crippen LogP contribution in [0.3, 0.4) is 0 Å². The highest BCUT2D eigenvalue weighted by atomic mass is 79.9. The monoisotopic (exact) mass is 352 g/mol. The Morgan fingerprint density at radius 2 is 2.29 bits per heavy atom. The van der Waals surface area contributed by atoms with Gasteiger partial charge in [0.05, 0.1) is 18.5 Å². The predicted octanol–water partition coefficient (Wildman–Crippen LogP) is 3.02. The van der Waals surface area contributed by atoms with E-state index < -0.39 is 6.10 Å². The Bertz CT molecular complexity index is 603. The molecular formula is C15H17BrN2O3. The van der Waals surface area contributed by atoms with Crippen molar-refractivity contribution in [1.82, 2.24) is 5.32 Å². The van der Waals surface area contributed by atoms with Crippen LogP contribution in [-0.4, -0.2) is 12.0 Å². The van der Waals surface area contributed by atoms with Gasteiger partial charge in [0, 0.05) is 4.47 Å². The number of hydrogen-bond acceptors (Lipinski definition) is 4. The number of nitrogens with two attached hydrogens (primary N) is 1. The van der Waals surface area contributed by atoms with Gasteiger partial charge in [0.1, 0.15) is 11.5 Å². The van der Waals surface area contributed by atoms with Crippen molar-refractivity contribution < 1.29 is 13.9 Å². The summed E-state index contributed by atoms with van der Waals surface area (Å²) in [5, 5.41) is 2.75. The molecule has 21 heavy (non-hydrogen) atoms. The molecule has 1 amide bonds. The first kappa shape index (κ1) is 15.4. The van der Waals surface area contributed by atoms with E-state index >= 15 is 0 Å². The van der Waals surface area contributed by atoms with Crippen LogP contribution >= 0.6 is 15.9 Å². The molecule has 0 spiro atoms. The van der Waals surface area contributed by atoms with E-state index in [1.165, 1.54) is 0 Å². The number of halogens is 1. The van der Waals surface area contributed by atoms with Crippen molar-refractivity contribution in [3.63, 3.8) is 0 Å². The standard InChI is InChI=1S/C15H17BrN2O3/c1-9-6-11(16)7-13(17)14(9)21-10(2)15(19)18-8-12-4-3-5-20-12/h3-7,10H,8,17H2,1-2H3,(H,18,19). The third-order valence-corrected chi connectivity index (χ3v) is 3.41. The van der Waals surface area contributed by atoms with Gasteiger partial charge in [-0.15, -0.1) is 0 Å². The molecule has 112 valence electrons. The highest BCUT2D eigenvalue weighted by molar-refractivity contribution is 9.10. The van der Waals surface area contributed by atoms with Crippen LogP contribution in [0, 0.1) is 6.92 Å². The van der Waals surface area contributed by atoms with E-state index in [-0.39, 0.29) is 5.91 Å². The third-order valence-electron chi connectivity index (χ3n) is 2.95. The van der Waals surface area contributed by atoms with Crippen LogP contribution in [0.2, 0.25) is 0 Å². The van der Waals surface area contributed by atoms with Gasteiger partial charge in [-0.25, -0.2) is 0 Å². The summed E-state index contributed by atoms with van der Waals surface area (Å²) in [5.74, 6) is 0.988. The topological polar surface area (TPSA) is 77.5 Å². The van der Waals surface area contributed by atoms with Crippen molar-refractivity contribution in [3.05, 3.63) is 46.3 Å². The summed E-state index contributed by atoms with van der Waals surface area (Å²) in [5.41, 5.74) is 7.28. The fourth-order valence-corrected chi connectivity index (χ4v) is 2.47. The van der Waals surface area contributed by atoms with Gasteiger partial charge in [0.15, 0.2) is 6.10 Å². The molecule has 2 rings (SSSR count). The quantitative estimate of drug-likeness (QED) is 0.810. The summed E-state index contributed by atoms with van der Waals surface area (Å²) in [7, 11) is 0. The zero-order valence-corrected chi connectivity index (χ0v) is 13.4. The largest absolute Gasteiger partial charge is 0.478 e. The lowest BCUT2D eigenvalue weighted by Gasteiger charge is -2.17. The molecule has 0 aliphatic carbocycles. The van der Waals surface area contributed by atoms with Gasteiger partial charge in [-0.2, -0.15) is 0 Å². The number of anilines is 1. The summed E-state index contributed by atoms with van der Waals surface area (Å²) < 4.78 is 11.7. The maximum Gasteiger partial charge on any atom is 0.261 e. The van der Waals surface area contributed by atoms with Gasteiger partial charge in [0.2, 0.25) is 0 Å². The van der Waals surface area contributed by atoms with Crippen LogP contribution in [-0.2, 0) is 11.3 Å². The van der Waals surface area contributed by atoms with Crippen molar-refractivity contribution in [2.24, 2.45) is 0 Å². The van der Waals surface area contributed by atoms with Gasteiger partial charge in [-0.05, 0) is 43.7 Å². The fourth-order valence-electron chi connectivity index (χ4n) is 1.88. The molecule has 0 aliphatic rings. The minimum absolute atomic E-state index is 0.229. The van der Waals surface area contributed by atoms with Crippen molar-refractivity contribution in [2.45, 2.75) is 26.5 Å². The first-order valence-electron chi connectivity index (χ1n) is 6.49. The van der Waals surface area contributed by atoms with Crippen molar-refractivity contribution >= 4 is 27.5 Å². The van der Waals surface area contributed by atoms with E-state index in [9.17, 15) is 4.79 Å². The van der Waals surface area contributed by atoms with Crippen molar-refractivity contribution in [3.8, 4) is 5.75 Å². The molecule has 1 unspecified atom stereocenters. The minimum Gasteiger partial charge on any atom is -0.478 e. The molecule has 1 atom stereocenters. The molecule has 1 heterocycles. The summed E-state index contributed by atoms with van der Waals surface area (Å²) in [6.45, 7) is 3.89. The smallest absolute Gasteiger partial charge is 0.261 e. The van der Waals surface area contributed by atoms with Crippen molar-refractivity contribution in [2.75, 3.05) is 5.73 Å². The highest BCUT2D eigenvalue weighted by Gasteiger charge is 2.17. The van der Waals surface area contributed by atoms with Crippen molar-refractivity contribution in [1.29, 1.82) is 0 Å². The Hall–Kier alpha value is -1.95. The zero-order chi connectivity index (χ0) is 15.4. The first-order valence-corrected chi connectivity index (χ1v) is 7.29.